The summed E-state index contributed by atoms with van der Waals surface area (Å²) < 4.78 is 0. The summed E-state index contributed by atoms with van der Waals surface area (Å²) in [5.41, 5.74) is 7.20. The summed E-state index contributed by atoms with van der Waals surface area (Å²) in [4.78, 5) is 14.1. The van der Waals surface area contributed by atoms with Crippen LogP contribution in [0.4, 0.5) is 11.4 Å². The van der Waals surface area contributed by atoms with E-state index >= 15 is 0 Å². The first-order valence-corrected chi connectivity index (χ1v) is 6.66. The van der Waals surface area contributed by atoms with Gasteiger partial charge in [-0.05, 0) is 45.0 Å². The summed E-state index contributed by atoms with van der Waals surface area (Å²) in [6.07, 6.45) is 0. The Labute approximate surface area is 119 Å². The Morgan fingerprint density at radius 3 is 2.35 bits per heavy atom. The predicted molar refractivity (Wildman–Crippen MR) is 81.2 cm³/mol. The van der Waals surface area contributed by atoms with Crippen molar-refractivity contribution < 1.29 is 10.0 Å². The van der Waals surface area contributed by atoms with E-state index in [1.54, 1.807) is 6.92 Å². The van der Waals surface area contributed by atoms with Gasteiger partial charge < -0.3 is 21.2 Å². The Kier molecular flexibility index (Phi) is 5.83. The number of rotatable bonds is 6. The number of carbonyl (C=O) groups is 1. The van der Waals surface area contributed by atoms with Gasteiger partial charge >= 0.3 is 0 Å². The van der Waals surface area contributed by atoms with Crippen molar-refractivity contribution in [3.63, 3.8) is 0 Å². The number of nitrogens with two attached hydrogens (primary N) is 1. The number of amidine groups is 1. The monoisotopic (exact) mass is 278 g/mol. The van der Waals surface area contributed by atoms with Crippen molar-refractivity contribution in [3.8, 4) is 0 Å². The van der Waals surface area contributed by atoms with Gasteiger partial charge in [0.05, 0.1) is 5.92 Å². The molecular weight excluding hydrogens is 256 g/mol. The highest BCUT2D eigenvalue weighted by atomic mass is 16.4. The second kappa shape index (κ2) is 7.37. The highest BCUT2D eigenvalue weighted by Gasteiger charge is 2.17. The smallest absolute Gasteiger partial charge is 0.234 e. The largest absolute Gasteiger partial charge is 0.409 e. The van der Waals surface area contributed by atoms with E-state index in [4.69, 9.17) is 10.9 Å². The Morgan fingerprint density at radius 1 is 1.35 bits per heavy atom. The molecule has 0 aliphatic carbocycles. The lowest BCUT2D eigenvalue weighted by Crippen LogP contribution is -2.32. The molecule has 6 nitrogen and oxygen atoms in total. The molecule has 0 saturated carbocycles. The third-order valence-electron chi connectivity index (χ3n) is 3.22. The highest BCUT2D eigenvalue weighted by Crippen LogP contribution is 2.18. The van der Waals surface area contributed by atoms with Crippen LogP contribution in [0.5, 0.6) is 0 Å². The van der Waals surface area contributed by atoms with Crippen LogP contribution >= 0.6 is 0 Å². The fourth-order valence-electron chi connectivity index (χ4n) is 1.82. The third kappa shape index (κ3) is 3.88. The second-order valence-corrected chi connectivity index (χ2v) is 4.45. The van der Waals surface area contributed by atoms with Gasteiger partial charge in [0.15, 0.2) is 5.84 Å². The topological polar surface area (TPSA) is 91.0 Å². The Hall–Kier alpha value is -2.24. The summed E-state index contributed by atoms with van der Waals surface area (Å²) >= 11 is 0. The second-order valence-electron chi connectivity index (χ2n) is 4.45. The van der Waals surface area contributed by atoms with E-state index in [2.05, 4.69) is 29.2 Å². The zero-order chi connectivity index (χ0) is 15.1. The number of benzene rings is 1. The molecule has 20 heavy (non-hydrogen) atoms. The van der Waals surface area contributed by atoms with Gasteiger partial charge in [0.1, 0.15) is 0 Å². The molecule has 0 saturated heterocycles. The van der Waals surface area contributed by atoms with Gasteiger partial charge in [-0.3, -0.25) is 4.79 Å². The quantitative estimate of drug-likeness (QED) is 0.320. The molecule has 110 valence electrons. The minimum absolute atomic E-state index is 0.109. The fourth-order valence-corrected chi connectivity index (χ4v) is 1.82. The Balaban J connectivity index is 2.73. The molecule has 4 N–H and O–H groups in total. The van der Waals surface area contributed by atoms with Gasteiger partial charge in [0.25, 0.3) is 0 Å². The van der Waals surface area contributed by atoms with Gasteiger partial charge in [-0.15, -0.1) is 0 Å². The Morgan fingerprint density at radius 2 is 1.90 bits per heavy atom. The van der Waals surface area contributed by atoms with Crippen molar-refractivity contribution in [2.75, 3.05) is 23.3 Å². The number of amides is 1. The van der Waals surface area contributed by atoms with Crippen LogP contribution in [-0.2, 0) is 4.79 Å². The lowest BCUT2D eigenvalue weighted by atomic mass is 10.1. The average molecular weight is 278 g/mol. The molecule has 1 aromatic carbocycles. The fraction of sp³-hybridized carbons (Fsp3) is 0.429. The maximum Gasteiger partial charge on any atom is 0.234 e. The van der Waals surface area contributed by atoms with Crippen LogP contribution in [0, 0.1) is 5.92 Å². The summed E-state index contributed by atoms with van der Waals surface area (Å²) in [5.74, 6) is -1.10. The van der Waals surface area contributed by atoms with Crippen LogP contribution in [0.25, 0.3) is 0 Å². The summed E-state index contributed by atoms with van der Waals surface area (Å²) in [5, 5.41) is 14.1. The van der Waals surface area contributed by atoms with E-state index in [-0.39, 0.29) is 11.7 Å². The van der Waals surface area contributed by atoms with Gasteiger partial charge in [-0.1, -0.05) is 5.16 Å². The molecule has 0 aromatic heterocycles. The van der Waals surface area contributed by atoms with Crippen LogP contribution in [0.1, 0.15) is 20.8 Å². The van der Waals surface area contributed by atoms with Gasteiger partial charge in [0, 0.05) is 24.5 Å². The summed E-state index contributed by atoms with van der Waals surface area (Å²) in [6.45, 7) is 7.63. The third-order valence-corrected chi connectivity index (χ3v) is 3.22. The van der Waals surface area contributed by atoms with Crippen molar-refractivity contribution >= 4 is 23.1 Å². The molecule has 1 unspecified atom stereocenters. The number of nitrogens with one attached hydrogen (secondary N) is 1. The van der Waals surface area contributed by atoms with Crippen LogP contribution in [-0.4, -0.2) is 30.0 Å². The predicted octanol–water partition coefficient (Wildman–Crippen LogP) is 1.85. The minimum Gasteiger partial charge on any atom is -0.409 e. The zero-order valence-electron chi connectivity index (χ0n) is 12.1. The van der Waals surface area contributed by atoms with E-state index in [9.17, 15) is 4.79 Å². The van der Waals surface area contributed by atoms with E-state index in [1.807, 2.05) is 24.3 Å². The van der Waals surface area contributed by atoms with E-state index in [0.29, 0.717) is 5.69 Å². The standard InChI is InChI=1S/C14H22N4O2/c1-4-18(5-2)12-8-6-11(7-9-12)16-14(19)10(3)13(15)17-20/h6-10,20H,4-5H2,1-3H3,(H2,15,17)(H,16,19). The molecule has 6 heteroatoms. The number of anilines is 2. The summed E-state index contributed by atoms with van der Waals surface area (Å²) in [7, 11) is 0. The van der Waals surface area contributed by atoms with E-state index in [1.165, 1.54) is 0 Å². The highest BCUT2D eigenvalue weighted by molar-refractivity contribution is 6.07. The van der Waals surface area contributed by atoms with Gasteiger partial charge in [-0.25, -0.2) is 0 Å². The molecule has 0 aliphatic rings. The molecule has 0 aliphatic heterocycles. The Bertz CT molecular complexity index is 467. The number of oxime groups is 1. The van der Waals surface area contributed by atoms with Crippen LogP contribution in [0.3, 0.4) is 0 Å². The maximum atomic E-state index is 11.9. The van der Waals surface area contributed by atoms with Crippen molar-refractivity contribution in [1.29, 1.82) is 0 Å². The molecule has 0 bridgehead atoms. The molecule has 0 heterocycles. The molecule has 1 rings (SSSR count). The average Bonchev–Trinajstić information content (AvgIpc) is 2.48. The normalized spacial score (nSPS) is 12.8. The van der Waals surface area contributed by atoms with E-state index in [0.717, 1.165) is 18.8 Å². The molecule has 0 spiro atoms. The molecule has 1 aromatic rings. The number of hydrogen-bond acceptors (Lipinski definition) is 4. The molecule has 0 radical (unpaired) electrons. The van der Waals surface area contributed by atoms with Crippen LogP contribution in [0.2, 0.25) is 0 Å². The summed E-state index contributed by atoms with van der Waals surface area (Å²) in [6, 6.07) is 7.59. The number of nitrogens with zero attached hydrogens (tertiary/aromatic N) is 2. The lowest BCUT2D eigenvalue weighted by Gasteiger charge is -2.21. The molecular formula is C14H22N4O2. The van der Waals surface area contributed by atoms with Gasteiger partial charge in [0.2, 0.25) is 5.91 Å². The van der Waals surface area contributed by atoms with E-state index < -0.39 is 5.92 Å². The first kappa shape index (κ1) is 15.8. The lowest BCUT2D eigenvalue weighted by molar-refractivity contribution is -0.117. The zero-order valence-corrected chi connectivity index (χ0v) is 12.1. The van der Waals surface area contributed by atoms with Crippen molar-refractivity contribution in [1.82, 2.24) is 0 Å². The van der Waals surface area contributed by atoms with Crippen molar-refractivity contribution in [3.05, 3.63) is 24.3 Å². The number of carbonyl (C=O) groups excluding carboxylic acids is 1. The first-order valence-electron chi connectivity index (χ1n) is 6.66. The minimum atomic E-state index is -0.678. The first-order chi connectivity index (χ1) is 9.53. The SMILES string of the molecule is CCN(CC)c1ccc(NC(=O)C(C)C(N)=NO)cc1. The van der Waals surface area contributed by atoms with Crippen LogP contribution in [0.15, 0.2) is 29.4 Å². The van der Waals surface area contributed by atoms with Gasteiger partial charge in [-0.2, -0.15) is 0 Å². The van der Waals surface area contributed by atoms with Crippen LogP contribution < -0.4 is 16.0 Å². The molecule has 1 amide bonds. The molecule has 1 atom stereocenters. The number of hydrogen-bond donors (Lipinski definition) is 3. The van der Waals surface area contributed by atoms with Crippen molar-refractivity contribution in [2.45, 2.75) is 20.8 Å². The van der Waals surface area contributed by atoms with Crippen molar-refractivity contribution in [2.24, 2.45) is 16.8 Å². The maximum absolute atomic E-state index is 11.9. The molecule has 0 fully saturated rings.